The van der Waals surface area contributed by atoms with Crippen LogP contribution in [0.5, 0.6) is 0 Å². The van der Waals surface area contributed by atoms with Gasteiger partial charge >= 0.3 is 6.09 Å². The molecule has 9 heteroatoms. The van der Waals surface area contributed by atoms with E-state index in [1.54, 1.807) is 4.90 Å². The molecule has 0 spiro atoms. The Hall–Kier alpha value is -2.45. The molecule has 1 saturated heterocycles. The van der Waals surface area contributed by atoms with E-state index in [-0.39, 0.29) is 42.4 Å². The predicted molar refractivity (Wildman–Crippen MR) is 101 cm³/mol. The van der Waals surface area contributed by atoms with Gasteiger partial charge in [-0.05, 0) is 33.6 Å². The van der Waals surface area contributed by atoms with Gasteiger partial charge in [0.25, 0.3) is 12.0 Å². The molecule has 29 heavy (non-hydrogen) atoms. The SMILES string of the molecule is CC(C)(C)OC(=O)N1C[C@@H]2C(Nc3cc(=O)n(C4(C(F)F)CC4)cc3C=O)[C@@H]2C1. The number of rotatable bonds is 5. The molecule has 0 aromatic carbocycles. The number of carbonyl (C=O) groups excluding carboxylic acids is 2. The minimum atomic E-state index is -2.65. The molecular formula is C20H25F2N3O4. The molecule has 3 atom stereocenters. The number of aromatic nitrogens is 1. The Labute approximate surface area is 167 Å². The van der Waals surface area contributed by atoms with E-state index in [1.807, 2.05) is 20.8 Å². The zero-order valence-corrected chi connectivity index (χ0v) is 16.7. The highest BCUT2D eigenvalue weighted by Crippen LogP contribution is 2.49. The molecule has 3 aliphatic rings. The molecule has 1 aromatic rings. The zero-order valence-electron chi connectivity index (χ0n) is 16.7. The van der Waals surface area contributed by atoms with Crippen LogP contribution in [-0.2, 0) is 10.3 Å². The number of nitrogens with zero attached hydrogens (tertiary/aromatic N) is 2. The third-order valence-corrected chi connectivity index (χ3v) is 6.03. The number of likely N-dealkylation sites (tertiary alicyclic amines) is 1. The number of hydrogen-bond acceptors (Lipinski definition) is 5. The van der Waals surface area contributed by atoms with Gasteiger partial charge in [0.05, 0.1) is 11.3 Å². The molecule has 2 heterocycles. The number of carbonyl (C=O) groups is 2. The van der Waals surface area contributed by atoms with Crippen molar-refractivity contribution < 1.29 is 23.1 Å². The van der Waals surface area contributed by atoms with Crippen LogP contribution in [0.2, 0.25) is 0 Å². The number of piperidine rings is 1. The number of ether oxygens (including phenoxy) is 1. The second-order valence-electron chi connectivity index (χ2n) is 9.26. The van der Waals surface area contributed by atoms with Crippen molar-refractivity contribution in [3.8, 4) is 0 Å². The molecule has 2 saturated carbocycles. The highest BCUT2D eigenvalue weighted by Gasteiger charge is 2.58. The first-order valence-electron chi connectivity index (χ1n) is 9.81. The summed E-state index contributed by atoms with van der Waals surface area (Å²) in [5.41, 5.74) is -2.03. The Morgan fingerprint density at radius 1 is 1.31 bits per heavy atom. The average Bonchev–Trinajstić information content (AvgIpc) is 3.49. The van der Waals surface area contributed by atoms with E-state index in [0.29, 0.717) is 25.1 Å². The largest absolute Gasteiger partial charge is 0.444 e. The molecule has 3 fully saturated rings. The second kappa shape index (κ2) is 6.53. The van der Waals surface area contributed by atoms with Crippen LogP contribution in [0.25, 0.3) is 0 Å². The third-order valence-electron chi connectivity index (χ3n) is 6.03. The summed E-state index contributed by atoms with van der Waals surface area (Å²) >= 11 is 0. The fourth-order valence-corrected chi connectivity index (χ4v) is 4.20. The molecule has 1 N–H and O–H groups in total. The Morgan fingerprint density at radius 2 is 1.93 bits per heavy atom. The summed E-state index contributed by atoms with van der Waals surface area (Å²) in [7, 11) is 0. The van der Waals surface area contributed by atoms with Crippen LogP contribution < -0.4 is 10.9 Å². The van der Waals surface area contributed by atoms with Crippen LogP contribution in [0.3, 0.4) is 0 Å². The summed E-state index contributed by atoms with van der Waals surface area (Å²) in [5, 5.41) is 3.20. The van der Waals surface area contributed by atoms with Crippen molar-refractivity contribution in [2.75, 3.05) is 18.4 Å². The lowest BCUT2D eigenvalue weighted by molar-refractivity contribution is 0.0272. The number of amides is 1. The summed E-state index contributed by atoms with van der Waals surface area (Å²) in [6.45, 7) is 6.53. The Bertz CT molecular complexity index is 892. The number of fused-ring (bicyclic) bond motifs is 1. The van der Waals surface area contributed by atoms with Crippen molar-refractivity contribution in [3.05, 3.63) is 28.2 Å². The predicted octanol–water partition coefficient (Wildman–Crippen LogP) is 2.69. The number of hydrogen-bond donors (Lipinski definition) is 1. The summed E-state index contributed by atoms with van der Waals surface area (Å²) in [6, 6.07) is 1.26. The monoisotopic (exact) mass is 409 g/mol. The van der Waals surface area contributed by atoms with Crippen molar-refractivity contribution in [2.45, 2.75) is 57.2 Å². The lowest BCUT2D eigenvalue weighted by Crippen LogP contribution is -2.38. The molecule has 0 radical (unpaired) electrons. The summed E-state index contributed by atoms with van der Waals surface area (Å²) in [6.07, 6.45) is -0.736. The molecule has 158 valence electrons. The maximum atomic E-state index is 13.4. The van der Waals surface area contributed by atoms with Gasteiger partial charge in [0, 0.05) is 43.2 Å². The van der Waals surface area contributed by atoms with E-state index in [9.17, 15) is 23.2 Å². The van der Waals surface area contributed by atoms with Crippen molar-refractivity contribution in [3.63, 3.8) is 0 Å². The average molecular weight is 409 g/mol. The van der Waals surface area contributed by atoms with Crippen molar-refractivity contribution in [1.29, 1.82) is 0 Å². The van der Waals surface area contributed by atoms with E-state index >= 15 is 0 Å². The maximum Gasteiger partial charge on any atom is 0.410 e. The Balaban J connectivity index is 1.44. The molecule has 7 nitrogen and oxygen atoms in total. The van der Waals surface area contributed by atoms with Gasteiger partial charge in [-0.25, -0.2) is 13.6 Å². The van der Waals surface area contributed by atoms with Gasteiger partial charge in [-0.3, -0.25) is 9.59 Å². The standard InChI is InChI=1S/C20H25F2N3O4/c1-19(2,3)29-18(28)24-8-12-13(9-24)16(12)23-14-6-15(27)25(7-11(14)10-26)20(4-5-20)17(21)22/h6-7,10,12-13,16-17,23H,4-5,8-9H2,1-3H3/t12-,13+,16?. The molecule has 0 bridgehead atoms. The van der Waals surface area contributed by atoms with Crippen LogP contribution in [0.1, 0.15) is 44.0 Å². The summed E-state index contributed by atoms with van der Waals surface area (Å²) in [4.78, 5) is 37.8. The fraction of sp³-hybridized carbons (Fsp3) is 0.650. The van der Waals surface area contributed by atoms with E-state index in [2.05, 4.69) is 5.32 Å². The number of pyridine rings is 1. The van der Waals surface area contributed by atoms with Gasteiger partial charge < -0.3 is 19.5 Å². The number of anilines is 1. The van der Waals surface area contributed by atoms with Crippen LogP contribution in [0, 0.1) is 11.8 Å². The minimum absolute atomic E-state index is 0.0348. The second-order valence-corrected chi connectivity index (χ2v) is 9.26. The summed E-state index contributed by atoms with van der Waals surface area (Å²) in [5.74, 6) is 0.417. The van der Waals surface area contributed by atoms with Crippen molar-refractivity contribution in [2.24, 2.45) is 11.8 Å². The van der Waals surface area contributed by atoms with Crippen LogP contribution >= 0.6 is 0 Å². The van der Waals surface area contributed by atoms with Crippen molar-refractivity contribution in [1.82, 2.24) is 9.47 Å². The van der Waals surface area contributed by atoms with Gasteiger partial charge in [-0.1, -0.05) is 0 Å². The molecule has 2 aliphatic carbocycles. The van der Waals surface area contributed by atoms with Gasteiger partial charge in [0.2, 0.25) is 0 Å². The molecule has 1 amide bonds. The smallest absolute Gasteiger partial charge is 0.410 e. The minimum Gasteiger partial charge on any atom is -0.444 e. The lowest BCUT2D eigenvalue weighted by atomic mass is 10.2. The van der Waals surface area contributed by atoms with E-state index in [4.69, 9.17) is 4.74 Å². The highest BCUT2D eigenvalue weighted by atomic mass is 19.3. The Kier molecular flexibility index (Phi) is 4.47. The maximum absolute atomic E-state index is 13.4. The molecule has 1 aromatic heterocycles. The lowest BCUT2D eigenvalue weighted by Gasteiger charge is -2.26. The topological polar surface area (TPSA) is 80.6 Å². The van der Waals surface area contributed by atoms with Gasteiger partial charge in [-0.15, -0.1) is 0 Å². The van der Waals surface area contributed by atoms with E-state index < -0.39 is 23.1 Å². The number of aldehydes is 1. The first-order chi connectivity index (χ1) is 13.6. The normalized spacial score (nSPS) is 26.8. The number of nitrogens with one attached hydrogen (secondary N) is 1. The van der Waals surface area contributed by atoms with Crippen LogP contribution in [-0.4, -0.2) is 53.0 Å². The van der Waals surface area contributed by atoms with Crippen LogP contribution in [0.15, 0.2) is 17.1 Å². The van der Waals surface area contributed by atoms with Gasteiger partial charge in [-0.2, -0.15) is 0 Å². The molecule has 1 unspecified atom stereocenters. The quantitative estimate of drug-likeness (QED) is 0.757. The zero-order chi connectivity index (χ0) is 21.1. The van der Waals surface area contributed by atoms with Gasteiger partial charge in [0.1, 0.15) is 11.1 Å². The Morgan fingerprint density at radius 3 is 2.41 bits per heavy atom. The van der Waals surface area contributed by atoms with Crippen LogP contribution in [0.4, 0.5) is 19.3 Å². The van der Waals surface area contributed by atoms with E-state index in [1.165, 1.54) is 12.3 Å². The number of halogens is 2. The molecular weight excluding hydrogens is 384 g/mol. The number of alkyl halides is 2. The highest BCUT2D eigenvalue weighted by molar-refractivity contribution is 5.84. The first kappa shape index (κ1) is 19.8. The first-order valence-corrected chi connectivity index (χ1v) is 9.81. The summed E-state index contributed by atoms with van der Waals surface area (Å²) < 4.78 is 33.1. The third kappa shape index (κ3) is 3.51. The fourth-order valence-electron chi connectivity index (χ4n) is 4.20. The molecule has 4 rings (SSSR count). The van der Waals surface area contributed by atoms with Gasteiger partial charge in [0.15, 0.2) is 6.29 Å². The van der Waals surface area contributed by atoms with E-state index in [0.717, 1.165) is 4.57 Å². The molecule has 1 aliphatic heterocycles. The van der Waals surface area contributed by atoms with Crippen molar-refractivity contribution >= 4 is 18.1 Å².